The molecule has 2 heterocycles. The molecule has 4 rings (SSSR count). The van der Waals surface area contributed by atoms with Crippen LogP contribution in [0.3, 0.4) is 0 Å². The van der Waals surface area contributed by atoms with E-state index in [0.29, 0.717) is 30.4 Å². The Bertz CT molecular complexity index is 1240. The summed E-state index contributed by atoms with van der Waals surface area (Å²) in [6.07, 6.45) is 9.10. The number of carbonyl (C=O) groups excluding carboxylic acids is 2. The van der Waals surface area contributed by atoms with Gasteiger partial charge in [0, 0.05) is 42.1 Å². The molecule has 0 saturated heterocycles. The zero-order valence-electron chi connectivity index (χ0n) is 20.2. The number of hydrogen-bond acceptors (Lipinski definition) is 5. The minimum atomic E-state index is -0.147. The van der Waals surface area contributed by atoms with Crippen LogP contribution in [0.15, 0.2) is 84.3 Å². The van der Waals surface area contributed by atoms with Crippen LogP contribution < -0.4 is 26.6 Å². The first kappa shape index (κ1) is 25.1. The van der Waals surface area contributed by atoms with Gasteiger partial charge in [-0.3, -0.25) is 9.59 Å². The van der Waals surface area contributed by atoms with Gasteiger partial charge in [-0.2, -0.15) is 0 Å². The van der Waals surface area contributed by atoms with Crippen molar-refractivity contribution in [1.29, 1.82) is 0 Å². The van der Waals surface area contributed by atoms with Crippen LogP contribution in [-0.2, 0) is 6.54 Å². The number of anilines is 1. The maximum absolute atomic E-state index is 12.4. The molecule has 0 aromatic heterocycles. The van der Waals surface area contributed by atoms with E-state index in [1.54, 1.807) is 12.1 Å². The maximum Gasteiger partial charge on any atom is 0.251 e. The van der Waals surface area contributed by atoms with Crippen molar-refractivity contribution in [3.05, 3.63) is 107 Å². The third-order valence-electron chi connectivity index (χ3n) is 6.08. The number of amides is 2. The van der Waals surface area contributed by atoms with Gasteiger partial charge in [0.05, 0.1) is 11.2 Å². The fourth-order valence-electron chi connectivity index (χ4n) is 4.05. The molecule has 0 saturated carbocycles. The predicted octanol–water partition coefficient (Wildman–Crippen LogP) is 4.23. The smallest absolute Gasteiger partial charge is 0.251 e. The molecule has 2 aliphatic rings. The van der Waals surface area contributed by atoms with Crippen LogP contribution in [0.1, 0.15) is 45.2 Å². The molecule has 0 spiro atoms. The van der Waals surface area contributed by atoms with E-state index in [2.05, 4.69) is 64.4 Å². The van der Waals surface area contributed by atoms with E-state index in [0.717, 1.165) is 40.1 Å². The minimum Gasteiger partial charge on any atom is -0.383 e. The molecule has 0 aliphatic carbocycles. The summed E-state index contributed by atoms with van der Waals surface area (Å²) in [5.74, 6) is -0.159. The third-order valence-corrected chi connectivity index (χ3v) is 6.22. The Kier molecular flexibility index (Phi) is 8.13. The summed E-state index contributed by atoms with van der Waals surface area (Å²) in [7, 11) is 0. The van der Waals surface area contributed by atoms with Crippen LogP contribution in [0.4, 0.5) is 5.69 Å². The van der Waals surface area contributed by atoms with Gasteiger partial charge in [0.15, 0.2) is 0 Å². The number of nitrogens with one attached hydrogen (secondary N) is 5. The molecule has 0 fully saturated rings. The number of halogens is 1. The lowest BCUT2D eigenvalue weighted by molar-refractivity contribution is 0.0950. The molecule has 2 aliphatic heterocycles. The monoisotopic (exact) mass is 503 g/mol. The summed E-state index contributed by atoms with van der Waals surface area (Å²) in [6.45, 7) is 7.14. The van der Waals surface area contributed by atoms with E-state index >= 15 is 0 Å². The van der Waals surface area contributed by atoms with Crippen LogP contribution >= 0.6 is 11.6 Å². The van der Waals surface area contributed by atoms with Crippen molar-refractivity contribution in [1.82, 2.24) is 21.3 Å². The first-order valence-electron chi connectivity index (χ1n) is 11.9. The molecule has 1 atom stereocenters. The standard InChI is InChI=1S/C28H30ClN5O2/c1-18(21-8-11-24-22(16-21)17-33-28(24)36)5-12-26(25-4-3-13-31-25)34-23-9-6-20(7-10-23)27(35)32-15-14-30-19(2)29/h3,5-13,16,25,30-31,34H,2,4,14-15,17H2,1H3,(H,32,35)(H,33,36)/b18-5+,26-12+. The zero-order chi connectivity index (χ0) is 25.5. The van der Waals surface area contributed by atoms with E-state index < -0.39 is 0 Å². The van der Waals surface area contributed by atoms with Gasteiger partial charge >= 0.3 is 0 Å². The average Bonchev–Trinajstić information content (AvgIpc) is 3.54. The van der Waals surface area contributed by atoms with Crippen molar-refractivity contribution in [2.75, 3.05) is 18.4 Å². The molecule has 5 N–H and O–H groups in total. The number of fused-ring (bicyclic) bond motifs is 1. The lowest BCUT2D eigenvalue weighted by Crippen LogP contribution is -2.30. The molecule has 2 aromatic carbocycles. The van der Waals surface area contributed by atoms with Crippen LogP contribution in [0, 0.1) is 0 Å². The van der Waals surface area contributed by atoms with Gasteiger partial charge < -0.3 is 26.6 Å². The summed E-state index contributed by atoms with van der Waals surface area (Å²) >= 11 is 5.66. The van der Waals surface area contributed by atoms with Gasteiger partial charge in [0.25, 0.3) is 11.8 Å². The highest BCUT2D eigenvalue weighted by molar-refractivity contribution is 6.28. The number of benzene rings is 2. The molecule has 186 valence electrons. The van der Waals surface area contributed by atoms with Crippen molar-refractivity contribution in [3.63, 3.8) is 0 Å². The second-order valence-electron chi connectivity index (χ2n) is 8.67. The topological polar surface area (TPSA) is 94.3 Å². The Morgan fingerprint density at radius 2 is 1.86 bits per heavy atom. The quantitative estimate of drug-likeness (QED) is 0.190. The number of rotatable bonds is 10. The normalized spacial score (nSPS) is 16.7. The van der Waals surface area contributed by atoms with Crippen LogP contribution in [0.2, 0.25) is 0 Å². The van der Waals surface area contributed by atoms with Crippen LogP contribution in [-0.4, -0.2) is 30.9 Å². The van der Waals surface area contributed by atoms with Gasteiger partial charge in [-0.05, 0) is 78.7 Å². The Hall–Kier alpha value is -3.97. The van der Waals surface area contributed by atoms with E-state index in [-0.39, 0.29) is 17.9 Å². The second-order valence-corrected chi connectivity index (χ2v) is 9.13. The summed E-state index contributed by atoms with van der Waals surface area (Å²) in [6, 6.07) is 13.4. The highest BCUT2D eigenvalue weighted by Gasteiger charge is 2.19. The Morgan fingerprint density at radius 1 is 1.11 bits per heavy atom. The molecule has 0 radical (unpaired) electrons. The molecule has 2 aromatic rings. The Labute approximate surface area is 216 Å². The second kappa shape index (κ2) is 11.6. The lowest BCUT2D eigenvalue weighted by Gasteiger charge is -2.18. The Balaban J connectivity index is 1.44. The fraction of sp³-hybridized carbons (Fsp3) is 0.214. The van der Waals surface area contributed by atoms with Gasteiger partial charge in [0.1, 0.15) is 0 Å². The summed E-state index contributed by atoms with van der Waals surface area (Å²) in [5.41, 5.74) is 6.44. The van der Waals surface area contributed by atoms with E-state index in [1.165, 1.54) is 0 Å². The van der Waals surface area contributed by atoms with Crippen molar-refractivity contribution in [2.24, 2.45) is 0 Å². The summed E-state index contributed by atoms with van der Waals surface area (Å²) in [4.78, 5) is 24.2. The fourth-order valence-corrected chi connectivity index (χ4v) is 4.15. The van der Waals surface area contributed by atoms with E-state index in [9.17, 15) is 9.59 Å². The van der Waals surface area contributed by atoms with Crippen molar-refractivity contribution < 1.29 is 9.59 Å². The van der Waals surface area contributed by atoms with Gasteiger partial charge in [-0.25, -0.2) is 0 Å². The maximum atomic E-state index is 12.4. The minimum absolute atomic E-state index is 0.0116. The van der Waals surface area contributed by atoms with Gasteiger partial charge in [-0.15, -0.1) is 0 Å². The molecule has 36 heavy (non-hydrogen) atoms. The molecule has 2 amide bonds. The largest absolute Gasteiger partial charge is 0.383 e. The summed E-state index contributed by atoms with van der Waals surface area (Å²) in [5, 5.41) is 15.8. The van der Waals surface area contributed by atoms with Gasteiger partial charge in [-0.1, -0.05) is 36.4 Å². The zero-order valence-corrected chi connectivity index (χ0v) is 20.9. The highest BCUT2D eigenvalue weighted by Crippen LogP contribution is 2.23. The van der Waals surface area contributed by atoms with Crippen molar-refractivity contribution in [2.45, 2.75) is 25.9 Å². The number of carbonyl (C=O) groups is 2. The number of hydrogen-bond donors (Lipinski definition) is 5. The molecular weight excluding hydrogens is 474 g/mol. The molecule has 8 heteroatoms. The molecule has 1 unspecified atom stereocenters. The molecule has 7 nitrogen and oxygen atoms in total. The molecular formula is C28H30ClN5O2. The van der Waals surface area contributed by atoms with E-state index in [4.69, 9.17) is 11.6 Å². The SMILES string of the molecule is C=C(Cl)NCCNC(=O)c1ccc(N/C(=C/C=C(\C)c2ccc3c(c2)CNC3=O)C2CC=CN2)cc1. The third kappa shape index (κ3) is 6.37. The number of allylic oxidation sites excluding steroid dienone is 3. The highest BCUT2D eigenvalue weighted by atomic mass is 35.5. The average molecular weight is 504 g/mol. The van der Waals surface area contributed by atoms with E-state index in [1.807, 2.05) is 30.5 Å². The van der Waals surface area contributed by atoms with Crippen molar-refractivity contribution >= 4 is 34.7 Å². The van der Waals surface area contributed by atoms with Crippen LogP contribution in [0.25, 0.3) is 5.57 Å². The molecule has 0 bridgehead atoms. The lowest BCUT2D eigenvalue weighted by atomic mass is 10.0. The predicted molar refractivity (Wildman–Crippen MR) is 145 cm³/mol. The van der Waals surface area contributed by atoms with Crippen LogP contribution in [0.5, 0.6) is 0 Å². The first-order chi connectivity index (χ1) is 17.4. The van der Waals surface area contributed by atoms with Crippen molar-refractivity contribution in [3.8, 4) is 0 Å². The summed E-state index contributed by atoms with van der Waals surface area (Å²) < 4.78 is 0. The Morgan fingerprint density at radius 3 is 2.58 bits per heavy atom. The van der Waals surface area contributed by atoms with Gasteiger partial charge in [0.2, 0.25) is 0 Å². The first-order valence-corrected chi connectivity index (χ1v) is 12.2.